The van der Waals surface area contributed by atoms with Crippen LogP contribution < -0.4 is 5.32 Å². The van der Waals surface area contributed by atoms with Gasteiger partial charge >= 0.3 is 6.03 Å². The predicted octanol–water partition coefficient (Wildman–Crippen LogP) is 2.94. The quantitative estimate of drug-likeness (QED) is 0.754. The standard InChI is InChI=1S/C15H13FN4O3S2/c1-9-13(10-3-4-12(11(16)7-10)25(2,22)23)24-14(18-9)19-15(21)20-6-5-17-8-20/h3-8H,1-2H3,(H,18,19,21). The summed E-state index contributed by atoms with van der Waals surface area (Å²) in [5.41, 5.74) is 1.08. The average molecular weight is 380 g/mol. The van der Waals surface area contributed by atoms with Crippen molar-refractivity contribution in [2.75, 3.05) is 11.6 Å². The minimum Gasteiger partial charge on any atom is -0.283 e. The van der Waals surface area contributed by atoms with Crippen molar-refractivity contribution in [3.63, 3.8) is 0 Å². The van der Waals surface area contributed by atoms with Crippen LogP contribution in [0.15, 0.2) is 41.8 Å². The summed E-state index contributed by atoms with van der Waals surface area (Å²) in [5.74, 6) is -0.822. The van der Waals surface area contributed by atoms with E-state index in [-0.39, 0.29) is 4.90 Å². The van der Waals surface area contributed by atoms with E-state index in [2.05, 4.69) is 15.3 Å². The second-order valence-corrected chi connectivity index (χ2v) is 8.23. The van der Waals surface area contributed by atoms with Crippen LogP contribution in [0.3, 0.4) is 0 Å². The molecule has 130 valence electrons. The lowest BCUT2D eigenvalue weighted by Crippen LogP contribution is -2.17. The van der Waals surface area contributed by atoms with Gasteiger partial charge in [0.2, 0.25) is 0 Å². The molecule has 3 aromatic rings. The molecule has 0 saturated heterocycles. The number of halogens is 1. The van der Waals surface area contributed by atoms with E-state index in [0.29, 0.717) is 21.3 Å². The highest BCUT2D eigenvalue weighted by Crippen LogP contribution is 2.34. The van der Waals surface area contributed by atoms with Crippen LogP contribution in [0.25, 0.3) is 10.4 Å². The number of rotatable bonds is 3. The van der Waals surface area contributed by atoms with Crippen molar-refractivity contribution in [2.45, 2.75) is 11.8 Å². The van der Waals surface area contributed by atoms with Gasteiger partial charge in [0.1, 0.15) is 17.0 Å². The van der Waals surface area contributed by atoms with E-state index in [0.717, 1.165) is 12.3 Å². The first kappa shape index (κ1) is 17.2. The zero-order chi connectivity index (χ0) is 18.2. The van der Waals surface area contributed by atoms with Gasteiger partial charge in [-0.2, -0.15) is 0 Å². The lowest BCUT2D eigenvalue weighted by molar-refractivity contribution is 0.253. The molecule has 25 heavy (non-hydrogen) atoms. The summed E-state index contributed by atoms with van der Waals surface area (Å²) < 4.78 is 38.4. The van der Waals surface area contributed by atoms with Crippen LogP contribution in [-0.4, -0.2) is 35.2 Å². The van der Waals surface area contributed by atoms with Crippen molar-refractivity contribution in [1.82, 2.24) is 14.5 Å². The Morgan fingerprint density at radius 1 is 1.36 bits per heavy atom. The van der Waals surface area contributed by atoms with Crippen molar-refractivity contribution in [1.29, 1.82) is 0 Å². The van der Waals surface area contributed by atoms with Gasteiger partial charge in [0.25, 0.3) is 0 Å². The molecular formula is C15H13FN4O3S2. The number of sulfone groups is 1. The summed E-state index contributed by atoms with van der Waals surface area (Å²) in [7, 11) is -3.63. The van der Waals surface area contributed by atoms with Crippen LogP contribution in [0.4, 0.5) is 14.3 Å². The van der Waals surface area contributed by atoms with Crippen molar-refractivity contribution in [3.05, 3.63) is 48.4 Å². The molecule has 0 aliphatic carbocycles. The summed E-state index contributed by atoms with van der Waals surface area (Å²) in [5, 5.41) is 2.97. The first-order valence-corrected chi connectivity index (χ1v) is 9.73. The molecule has 2 aromatic heterocycles. The second kappa shape index (κ2) is 6.37. The van der Waals surface area contributed by atoms with Gasteiger partial charge in [-0.3, -0.25) is 9.88 Å². The summed E-state index contributed by atoms with van der Waals surface area (Å²) in [6.07, 6.45) is 5.28. The number of nitrogens with one attached hydrogen (secondary N) is 1. The number of anilines is 1. The van der Waals surface area contributed by atoms with Crippen molar-refractivity contribution in [2.24, 2.45) is 0 Å². The highest BCUT2D eigenvalue weighted by Gasteiger charge is 2.17. The third kappa shape index (κ3) is 3.59. The fraction of sp³-hybridized carbons (Fsp3) is 0.133. The number of aromatic nitrogens is 3. The Balaban J connectivity index is 1.90. The molecule has 3 rings (SSSR count). The molecule has 2 heterocycles. The lowest BCUT2D eigenvalue weighted by atomic mass is 10.1. The molecule has 0 saturated carbocycles. The fourth-order valence-corrected chi connectivity index (χ4v) is 3.88. The monoisotopic (exact) mass is 380 g/mol. The predicted molar refractivity (Wildman–Crippen MR) is 92.0 cm³/mol. The number of nitrogens with zero attached hydrogens (tertiary/aromatic N) is 3. The van der Waals surface area contributed by atoms with Gasteiger partial charge in [0.15, 0.2) is 15.0 Å². The molecule has 1 aromatic carbocycles. The molecule has 7 nitrogen and oxygen atoms in total. The lowest BCUT2D eigenvalue weighted by Gasteiger charge is -2.04. The number of carbonyl (C=O) groups is 1. The van der Waals surface area contributed by atoms with E-state index in [9.17, 15) is 17.6 Å². The van der Waals surface area contributed by atoms with E-state index in [1.54, 1.807) is 6.92 Å². The molecule has 0 spiro atoms. The smallest absolute Gasteiger partial charge is 0.283 e. The molecule has 1 N–H and O–H groups in total. The molecule has 1 amide bonds. The van der Waals surface area contributed by atoms with Gasteiger partial charge in [-0.05, 0) is 24.6 Å². The summed E-state index contributed by atoms with van der Waals surface area (Å²) >= 11 is 1.17. The topological polar surface area (TPSA) is 93.9 Å². The second-order valence-electron chi connectivity index (χ2n) is 5.25. The number of carbonyl (C=O) groups excluding carboxylic acids is 1. The molecule has 0 radical (unpaired) electrons. The highest BCUT2D eigenvalue weighted by molar-refractivity contribution is 7.90. The van der Waals surface area contributed by atoms with E-state index in [1.165, 1.54) is 46.8 Å². The Hall–Kier alpha value is -2.59. The maximum atomic E-state index is 14.1. The molecule has 0 atom stereocenters. The van der Waals surface area contributed by atoms with Gasteiger partial charge in [-0.25, -0.2) is 27.6 Å². The van der Waals surface area contributed by atoms with Gasteiger partial charge in [-0.15, -0.1) is 0 Å². The van der Waals surface area contributed by atoms with E-state index < -0.39 is 21.7 Å². The van der Waals surface area contributed by atoms with Crippen LogP contribution in [-0.2, 0) is 9.84 Å². The van der Waals surface area contributed by atoms with Gasteiger partial charge in [0, 0.05) is 18.6 Å². The normalized spacial score (nSPS) is 11.5. The SMILES string of the molecule is Cc1nc(NC(=O)n2ccnc2)sc1-c1ccc(S(C)(=O)=O)c(F)c1. The molecule has 0 fully saturated rings. The molecular weight excluding hydrogens is 367 g/mol. The van der Waals surface area contributed by atoms with Crippen molar-refractivity contribution < 1.29 is 17.6 Å². The van der Waals surface area contributed by atoms with Crippen LogP contribution in [0.1, 0.15) is 5.69 Å². The third-order valence-electron chi connectivity index (χ3n) is 3.34. The average Bonchev–Trinajstić information content (AvgIpc) is 3.15. The van der Waals surface area contributed by atoms with Gasteiger partial charge in [0.05, 0.1) is 10.6 Å². The zero-order valence-electron chi connectivity index (χ0n) is 13.2. The first-order chi connectivity index (χ1) is 11.8. The zero-order valence-corrected chi connectivity index (χ0v) is 14.9. The maximum Gasteiger partial charge on any atom is 0.333 e. The van der Waals surface area contributed by atoms with Crippen LogP contribution in [0.2, 0.25) is 0 Å². The van der Waals surface area contributed by atoms with Crippen molar-refractivity contribution in [3.8, 4) is 10.4 Å². The molecule has 10 heteroatoms. The maximum absolute atomic E-state index is 14.1. The first-order valence-electron chi connectivity index (χ1n) is 7.02. The molecule has 0 aliphatic heterocycles. The number of hydrogen-bond donors (Lipinski definition) is 1. The Morgan fingerprint density at radius 2 is 2.12 bits per heavy atom. The van der Waals surface area contributed by atoms with E-state index in [4.69, 9.17) is 0 Å². The Labute approximate surface area is 147 Å². The highest BCUT2D eigenvalue weighted by atomic mass is 32.2. The van der Waals surface area contributed by atoms with E-state index in [1.807, 2.05) is 0 Å². The number of amides is 1. The van der Waals surface area contributed by atoms with E-state index >= 15 is 0 Å². The number of imidazole rings is 1. The summed E-state index contributed by atoms with van der Waals surface area (Å²) in [4.78, 5) is 20.3. The van der Waals surface area contributed by atoms with Crippen LogP contribution in [0.5, 0.6) is 0 Å². The number of aryl methyl sites for hydroxylation is 1. The number of hydrogen-bond acceptors (Lipinski definition) is 6. The van der Waals surface area contributed by atoms with Crippen molar-refractivity contribution >= 4 is 32.3 Å². The largest absolute Gasteiger partial charge is 0.333 e. The van der Waals surface area contributed by atoms with Gasteiger partial charge < -0.3 is 0 Å². The molecule has 0 unspecified atom stereocenters. The third-order valence-corrected chi connectivity index (χ3v) is 5.59. The Morgan fingerprint density at radius 3 is 2.72 bits per heavy atom. The fourth-order valence-electron chi connectivity index (χ4n) is 2.20. The number of thiazole rings is 1. The Kier molecular flexibility index (Phi) is 4.39. The number of benzene rings is 1. The van der Waals surface area contributed by atoms with Gasteiger partial charge in [-0.1, -0.05) is 17.4 Å². The summed E-state index contributed by atoms with van der Waals surface area (Å²) in [6, 6.07) is 3.47. The van der Waals surface area contributed by atoms with Crippen LogP contribution in [0, 0.1) is 12.7 Å². The minimum absolute atomic E-state index is 0.346. The summed E-state index contributed by atoms with van der Waals surface area (Å²) in [6.45, 7) is 1.72. The molecule has 0 bridgehead atoms. The Bertz CT molecular complexity index is 1040. The minimum atomic E-state index is -3.63. The van der Waals surface area contributed by atoms with Crippen LogP contribution >= 0.6 is 11.3 Å². The molecule has 0 aliphatic rings.